The second kappa shape index (κ2) is 10.4. The van der Waals surface area contributed by atoms with Crippen molar-refractivity contribution in [3.05, 3.63) is 58.6 Å². The fraction of sp³-hybridized carbons (Fsp3) is 0.391. The molecular formula is C23H27N5O3S. The number of hydrogen-bond acceptors (Lipinski definition) is 7. The van der Waals surface area contributed by atoms with E-state index in [-0.39, 0.29) is 18.2 Å². The minimum atomic E-state index is -0.280. The van der Waals surface area contributed by atoms with Crippen LogP contribution < -0.4 is 15.5 Å². The lowest BCUT2D eigenvalue weighted by Gasteiger charge is -2.21. The highest BCUT2D eigenvalue weighted by Crippen LogP contribution is 2.19. The molecule has 2 N–H and O–H groups in total. The molecule has 8 nitrogen and oxygen atoms in total. The number of hydrogen-bond donors (Lipinski definition) is 2. The highest BCUT2D eigenvalue weighted by atomic mass is 32.1. The van der Waals surface area contributed by atoms with Crippen LogP contribution in [-0.2, 0) is 17.8 Å². The van der Waals surface area contributed by atoms with Crippen LogP contribution in [0.1, 0.15) is 53.1 Å². The largest absolute Gasteiger partial charge is 0.469 e. The third-order valence-electron chi connectivity index (χ3n) is 5.45. The molecule has 0 atom stereocenters. The van der Waals surface area contributed by atoms with E-state index in [1.54, 1.807) is 18.4 Å². The molecule has 3 aromatic rings. The van der Waals surface area contributed by atoms with Gasteiger partial charge in [0.1, 0.15) is 11.6 Å². The molecule has 32 heavy (non-hydrogen) atoms. The van der Waals surface area contributed by atoms with Crippen molar-refractivity contribution < 1.29 is 14.0 Å². The summed E-state index contributed by atoms with van der Waals surface area (Å²) in [6.07, 6.45) is 8.45. The van der Waals surface area contributed by atoms with Crippen LogP contribution in [0, 0.1) is 6.92 Å². The lowest BCUT2D eigenvalue weighted by molar-refractivity contribution is -0.120. The van der Waals surface area contributed by atoms with E-state index >= 15 is 0 Å². The van der Waals surface area contributed by atoms with Crippen molar-refractivity contribution in [1.82, 2.24) is 15.3 Å². The van der Waals surface area contributed by atoms with Crippen LogP contribution in [-0.4, -0.2) is 34.9 Å². The molecule has 0 unspecified atom stereocenters. The van der Waals surface area contributed by atoms with Gasteiger partial charge in [-0.2, -0.15) is 0 Å². The van der Waals surface area contributed by atoms with Gasteiger partial charge in [0.15, 0.2) is 5.13 Å². The van der Waals surface area contributed by atoms with Gasteiger partial charge < -0.3 is 14.6 Å². The van der Waals surface area contributed by atoms with Gasteiger partial charge in [0.2, 0.25) is 5.91 Å². The van der Waals surface area contributed by atoms with Crippen molar-refractivity contribution in [1.29, 1.82) is 0 Å². The summed E-state index contributed by atoms with van der Waals surface area (Å²) in [5.74, 6) is 1.14. The zero-order valence-electron chi connectivity index (χ0n) is 18.1. The number of thiazole rings is 1. The molecule has 168 valence electrons. The summed E-state index contributed by atoms with van der Waals surface area (Å²) < 4.78 is 5.15. The molecule has 3 aromatic heterocycles. The normalized spacial score (nSPS) is 14.1. The minimum Gasteiger partial charge on any atom is -0.469 e. The van der Waals surface area contributed by atoms with Gasteiger partial charge in [-0.05, 0) is 37.5 Å². The van der Waals surface area contributed by atoms with Crippen LogP contribution in [0.4, 0.5) is 10.9 Å². The Hall–Kier alpha value is -3.20. The van der Waals surface area contributed by atoms with Gasteiger partial charge in [0.05, 0.1) is 23.9 Å². The van der Waals surface area contributed by atoms with E-state index in [0.717, 1.165) is 24.5 Å². The number of anilines is 2. The number of carbonyl (C=O) groups excluding carboxylic acids is 2. The Morgan fingerprint density at radius 1 is 1.16 bits per heavy atom. The molecule has 0 radical (unpaired) electrons. The lowest BCUT2D eigenvalue weighted by atomic mass is 10.2. The summed E-state index contributed by atoms with van der Waals surface area (Å²) in [4.78, 5) is 35.8. The van der Waals surface area contributed by atoms with Crippen LogP contribution in [0.25, 0.3) is 0 Å². The molecule has 1 aliphatic rings. The number of amides is 2. The van der Waals surface area contributed by atoms with E-state index in [2.05, 4.69) is 25.5 Å². The highest BCUT2D eigenvalue weighted by Gasteiger charge is 2.15. The molecule has 9 heteroatoms. The number of aromatic nitrogens is 2. The summed E-state index contributed by atoms with van der Waals surface area (Å²) in [7, 11) is 0. The SMILES string of the molecule is Cc1occc1C(=O)Nc1nc(CC(=O)NCc2ccc(N3CCCCCC3)nc2)cs1. The lowest BCUT2D eigenvalue weighted by Crippen LogP contribution is -2.26. The van der Waals surface area contributed by atoms with Crippen molar-refractivity contribution in [3.63, 3.8) is 0 Å². The molecule has 4 rings (SSSR count). The average molecular weight is 454 g/mol. The van der Waals surface area contributed by atoms with Gasteiger partial charge in [-0.3, -0.25) is 14.9 Å². The first kappa shape index (κ1) is 22.0. The number of rotatable bonds is 7. The van der Waals surface area contributed by atoms with Crippen LogP contribution in [0.5, 0.6) is 0 Å². The van der Waals surface area contributed by atoms with E-state index < -0.39 is 0 Å². The topological polar surface area (TPSA) is 100 Å². The van der Waals surface area contributed by atoms with Crippen LogP contribution >= 0.6 is 11.3 Å². The Kier molecular flexibility index (Phi) is 7.16. The van der Waals surface area contributed by atoms with E-state index in [1.165, 1.54) is 43.3 Å². The van der Waals surface area contributed by atoms with Crippen LogP contribution in [0.15, 0.2) is 40.5 Å². The zero-order valence-corrected chi connectivity index (χ0v) is 18.9. The van der Waals surface area contributed by atoms with Crippen molar-refractivity contribution in [2.24, 2.45) is 0 Å². The van der Waals surface area contributed by atoms with E-state index in [4.69, 9.17) is 4.42 Å². The molecule has 0 saturated carbocycles. The Labute approximate surface area is 191 Å². The first-order valence-electron chi connectivity index (χ1n) is 10.8. The monoisotopic (exact) mass is 453 g/mol. The Morgan fingerprint density at radius 2 is 1.97 bits per heavy atom. The molecule has 0 bridgehead atoms. The van der Waals surface area contributed by atoms with Gasteiger partial charge in [-0.15, -0.1) is 11.3 Å². The Bertz CT molecular complexity index is 1050. The van der Waals surface area contributed by atoms with Gasteiger partial charge >= 0.3 is 0 Å². The van der Waals surface area contributed by atoms with Gasteiger partial charge in [-0.25, -0.2) is 9.97 Å². The molecule has 0 aromatic carbocycles. The minimum absolute atomic E-state index is 0.129. The van der Waals surface area contributed by atoms with Crippen molar-refractivity contribution in [2.45, 2.75) is 45.6 Å². The van der Waals surface area contributed by atoms with E-state index in [9.17, 15) is 9.59 Å². The summed E-state index contributed by atoms with van der Waals surface area (Å²) in [6, 6.07) is 5.66. The second-order valence-corrected chi connectivity index (χ2v) is 8.73. The second-order valence-electron chi connectivity index (χ2n) is 7.87. The fourth-order valence-electron chi connectivity index (χ4n) is 3.67. The fourth-order valence-corrected chi connectivity index (χ4v) is 4.37. The molecule has 1 saturated heterocycles. The summed E-state index contributed by atoms with van der Waals surface area (Å²) in [5, 5.41) is 7.87. The number of furan rings is 1. The molecule has 0 aliphatic carbocycles. The number of aryl methyl sites for hydroxylation is 1. The standard InChI is InChI=1S/C23H27N5O3S/c1-16-19(8-11-31-16)22(30)27-23-26-18(15-32-23)12-21(29)25-14-17-6-7-20(24-13-17)28-9-4-2-3-5-10-28/h6-8,11,13,15H,2-5,9-10,12,14H2,1H3,(H,25,29)(H,26,27,30). The Morgan fingerprint density at radius 3 is 2.66 bits per heavy atom. The van der Waals surface area contributed by atoms with E-state index in [1.807, 2.05) is 18.3 Å². The third kappa shape index (κ3) is 5.73. The first-order chi connectivity index (χ1) is 15.6. The van der Waals surface area contributed by atoms with Crippen LogP contribution in [0.3, 0.4) is 0 Å². The first-order valence-corrected chi connectivity index (χ1v) is 11.7. The predicted octanol–water partition coefficient (Wildman–Crippen LogP) is 3.93. The molecular weight excluding hydrogens is 426 g/mol. The van der Waals surface area contributed by atoms with Gasteiger partial charge in [-0.1, -0.05) is 18.9 Å². The Balaban J connectivity index is 1.24. The van der Waals surface area contributed by atoms with Gasteiger partial charge in [0.25, 0.3) is 5.91 Å². The van der Waals surface area contributed by atoms with Crippen LogP contribution in [0.2, 0.25) is 0 Å². The molecule has 0 spiro atoms. The van der Waals surface area contributed by atoms with Crippen molar-refractivity contribution in [3.8, 4) is 0 Å². The highest BCUT2D eigenvalue weighted by molar-refractivity contribution is 7.14. The quantitative estimate of drug-likeness (QED) is 0.562. The average Bonchev–Trinajstić information content (AvgIpc) is 3.32. The third-order valence-corrected chi connectivity index (χ3v) is 6.25. The number of pyridine rings is 1. The summed E-state index contributed by atoms with van der Waals surface area (Å²) >= 11 is 1.29. The maximum absolute atomic E-state index is 12.3. The van der Waals surface area contributed by atoms with Gasteiger partial charge in [0, 0.05) is 31.2 Å². The predicted molar refractivity (Wildman–Crippen MR) is 124 cm³/mol. The number of nitrogens with zero attached hydrogens (tertiary/aromatic N) is 3. The number of carbonyl (C=O) groups is 2. The molecule has 1 aliphatic heterocycles. The molecule has 1 fully saturated rings. The number of nitrogens with one attached hydrogen (secondary N) is 2. The van der Waals surface area contributed by atoms with Crippen molar-refractivity contribution in [2.75, 3.05) is 23.3 Å². The smallest absolute Gasteiger partial charge is 0.260 e. The van der Waals surface area contributed by atoms with Crippen molar-refractivity contribution >= 4 is 34.1 Å². The maximum atomic E-state index is 12.3. The zero-order chi connectivity index (χ0) is 22.3. The molecule has 2 amide bonds. The summed E-state index contributed by atoms with van der Waals surface area (Å²) in [5.41, 5.74) is 2.04. The van der Waals surface area contributed by atoms with E-state index in [0.29, 0.717) is 28.7 Å². The summed E-state index contributed by atoms with van der Waals surface area (Å²) in [6.45, 7) is 4.26. The maximum Gasteiger partial charge on any atom is 0.260 e. The molecule has 4 heterocycles.